The van der Waals surface area contributed by atoms with Crippen LogP contribution >= 0.6 is 0 Å². The van der Waals surface area contributed by atoms with Crippen molar-refractivity contribution in [3.05, 3.63) is 23.8 Å². The summed E-state index contributed by atoms with van der Waals surface area (Å²) in [6.07, 6.45) is 0.259. The number of hydrogen-bond donors (Lipinski definition) is 2. The molecule has 0 bridgehead atoms. The third kappa shape index (κ3) is 4.08. The number of amides is 1. The van der Waals surface area contributed by atoms with Crippen LogP contribution in [0.4, 0.5) is 5.69 Å². The van der Waals surface area contributed by atoms with Gasteiger partial charge < -0.3 is 15.8 Å². The number of Topliss-reactive ketones (excluding diaryl/α,β-unsaturated/α-hetero) is 1. The number of nitrogens with one attached hydrogen (secondary N) is 1. The van der Waals surface area contributed by atoms with Gasteiger partial charge >= 0.3 is 0 Å². The molecule has 0 radical (unpaired) electrons. The van der Waals surface area contributed by atoms with Crippen LogP contribution in [-0.4, -0.2) is 24.8 Å². The summed E-state index contributed by atoms with van der Waals surface area (Å²) in [5.41, 5.74) is 6.56. The van der Waals surface area contributed by atoms with E-state index in [0.717, 1.165) is 0 Å². The number of carbonyl (C=O) groups excluding carboxylic acids is 2. The first-order valence-corrected chi connectivity index (χ1v) is 5.84. The van der Waals surface area contributed by atoms with E-state index in [1.807, 2.05) is 6.92 Å². The first-order chi connectivity index (χ1) is 8.54. The second-order valence-corrected chi connectivity index (χ2v) is 3.86. The molecule has 0 aliphatic carbocycles. The number of hydrogen-bond acceptors (Lipinski definition) is 4. The van der Waals surface area contributed by atoms with Gasteiger partial charge in [-0.1, -0.05) is 0 Å². The highest BCUT2D eigenvalue weighted by molar-refractivity contribution is 5.97. The Labute approximate surface area is 106 Å². The smallest absolute Gasteiger partial charge is 0.223 e. The van der Waals surface area contributed by atoms with E-state index in [0.29, 0.717) is 23.5 Å². The van der Waals surface area contributed by atoms with Crippen LogP contribution in [0.1, 0.15) is 30.6 Å². The number of ketones is 1. The summed E-state index contributed by atoms with van der Waals surface area (Å²) >= 11 is 0. The van der Waals surface area contributed by atoms with Crippen molar-refractivity contribution < 1.29 is 14.3 Å². The summed E-state index contributed by atoms with van der Waals surface area (Å²) in [6.45, 7) is 4.13. The standard InChI is InChI=1S/C13H18N2O3/c1-3-15-13(17)6-7-18-12-5-4-10(14)8-11(12)9(2)16/h4-5,8H,3,6-7,14H2,1-2H3,(H,15,17). The maximum atomic E-state index is 11.4. The van der Waals surface area contributed by atoms with Crippen molar-refractivity contribution in [2.24, 2.45) is 0 Å². The van der Waals surface area contributed by atoms with E-state index in [2.05, 4.69) is 5.32 Å². The van der Waals surface area contributed by atoms with Crippen LogP contribution < -0.4 is 15.8 Å². The Morgan fingerprint density at radius 3 is 2.72 bits per heavy atom. The van der Waals surface area contributed by atoms with Gasteiger partial charge in [-0.3, -0.25) is 9.59 Å². The number of ether oxygens (including phenoxy) is 1. The molecule has 0 aromatic heterocycles. The summed E-state index contributed by atoms with van der Waals surface area (Å²) in [6, 6.07) is 4.88. The molecule has 3 N–H and O–H groups in total. The van der Waals surface area contributed by atoms with Crippen LogP contribution in [0, 0.1) is 0 Å². The van der Waals surface area contributed by atoms with Crippen LogP contribution in [-0.2, 0) is 4.79 Å². The maximum Gasteiger partial charge on any atom is 0.223 e. The van der Waals surface area contributed by atoms with Gasteiger partial charge in [0.2, 0.25) is 5.91 Å². The lowest BCUT2D eigenvalue weighted by Crippen LogP contribution is -2.24. The first-order valence-electron chi connectivity index (χ1n) is 5.84. The van der Waals surface area contributed by atoms with Gasteiger partial charge in [-0.25, -0.2) is 0 Å². The molecule has 18 heavy (non-hydrogen) atoms. The molecule has 0 saturated carbocycles. The number of nitrogen functional groups attached to an aromatic ring is 1. The molecule has 0 saturated heterocycles. The Morgan fingerprint density at radius 1 is 1.39 bits per heavy atom. The van der Waals surface area contributed by atoms with E-state index in [4.69, 9.17) is 10.5 Å². The van der Waals surface area contributed by atoms with Crippen molar-refractivity contribution in [3.63, 3.8) is 0 Å². The summed E-state index contributed by atoms with van der Waals surface area (Å²) in [5, 5.41) is 2.67. The van der Waals surface area contributed by atoms with Crippen molar-refractivity contribution in [2.45, 2.75) is 20.3 Å². The SMILES string of the molecule is CCNC(=O)CCOc1ccc(N)cc1C(C)=O. The lowest BCUT2D eigenvalue weighted by atomic mass is 10.1. The van der Waals surface area contributed by atoms with Gasteiger partial charge in [-0.15, -0.1) is 0 Å². The van der Waals surface area contributed by atoms with Gasteiger partial charge in [0.05, 0.1) is 18.6 Å². The Hall–Kier alpha value is -2.04. The highest BCUT2D eigenvalue weighted by atomic mass is 16.5. The third-order valence-corrected chi connectivity index (χ3v) is 2.34. The highest BCUT2D eigenvalue weighted by Gasteiger charge is 2.09. The maximum absolute atomic E-state index is 11.4. The molecule has 0 fully saturated rings. The fraction of sp³-hybridized carbons (Fsp3) is 0.385. The molecule has 0 unspecified atom stereocenters. The predicted octanol–water partition coefficient (Wildman–Crippen LogP) is 1.38. The van der Waals surface area contributed by atoms with Crippen LogP contribution in [0.15, 0.2) is 18.2 Å². The van der Waals surface area contributed by atoms with E-state index >= 15 is 0 Å². The van der Waals surface area contributed by atoms with E-state index in [9.17, 15) is 9.59 Å². The molecule has 0 heterocycles. The van der Waals surface area contributed by atoms with Crippen molar-refractivity contribution in [2.75, 3.05) is 18.9 Å². The monoisotopic (exact) mass is 250 g/mol. The van der Waals surface area contributed by atoms with E-state index in [1.54, 1.807) is 18.2 Å². The average Bonchev–Trinajstić information content (AvgIpc) is 2.31. The van der Waals surface area contributed by atoms with Crippen LogP contribution in [0.3, 0.4) is 0 Å². The Kier molecular flexibility index (Phi) is 5.17. The van der Waals surface area contributed by atoms with Gasteiger partial charge in [0, 0.05) is 12.2 Å². The van der Waals surface area contributed by atoms with Crippen molar-refractivity contribution in [3.8, 4) is 5.75 Å². The van der Waals surface area contributed by atoms with E-state index in [1.165, 1.54) is 6.92 Å². The molecule has 0 aliphatic heterocycles. The number of carbonyl (C=O) groups is 2. The molecular weight excluding hydrogens is 232 g/mol. The quantitative estimate of drug-likeness (QED) is 0.590. The molecule has 5 nitrogen and oxygen atoms in total. The molecule has 0 aliphatic rings. The lowest BCUT2D eigenvalue weighted by Gasteiger charge is -2.10. The zero-order valence-electron chi connectivity index (χ0n) is 10.7. The summed E-state index contributed by atoms with van der Waals surface area (Å²) in [5.74, 6) is 0.272. The Bertz CT molecular complexity index is 444. The van der Waals surface area contributed by atoms with Gasteiger partial charge in [0.1, 0.15) is 5.75 Å². The van der Waals surface area contributed by atoms with Crippen LogP contribution in [0.5, 0.6) is 5.75 Å². The van der Waals surface area contributed by atoms with Crippen molar-refractivity contribution in [1.82, 2.24) is 5.32 Å². The largest absolute Gasteiger partial charge is 0.492 e. The third-order valence-electron chi connectivity index (χ3n) is 2.34. The normalized spacial score (nSPS) is 9.89. The summed E-state index contributed by atoms with van der Waals surface area (Å²) in [7, 11) is 0. The number of rotatable bonds is 6. The number of nitrogens with two attached hydrogens (primary N) is 1. The average molecular weight is 250 g/mol. The molecule has 1 aromatic carbocycles. The molecule has 1 amide bonds. The molecule has 0 spiro atoms. The number of anilines is 1. The Morgan fingerprint density at radius 2 is 2.11 bits per heavy atom. The first kappa shape index (κ1) is 14.0. The van der Waals surface area contributed by atoms with Crippen molar-refractivity contribution in [1.29, 1.82) is 0 Å². The zero-order chi connectivity index (χ0) is 13.5. The minimum absolute atomic E-state index is 0.0719. The minimum atomic E-state index is -0.115. The summed E-state index contributed by atoms with van der Waals surface area (Å²) < 4.78 is 5.43. The van der Waals surface area contributed by atoms with Crippen LogP contribution in [0.25, 0.3) is 0 Å². The van der Waals surface area contributed by atoms with Crippen molar-refractivity contribution >= 4 is 17.4 Å². The molecule has 5 heteroatoms. The zero-order valence-corrected chi connectivity index (χ0v) is 10.7. The molecule has 98 valence electrons. The second kappa shape index (κ2) is 6.64. The predicted molar refractivity (Wildman–Crippen MR) is 69.7 cm³/mol. The van der Waals surface area contributed by atoms with Crippen LogP contribution in [0.2, 0.25) is 0 Å². The lowest BCUT2D eigenvalue weighted by molar-refractivity contribution is -0.121. The van der Waals surface area contributed by atoms with Gasteiger partial charge in [0.15, 0.2) is 5.78 Å². The minimum Gasteiger partial charge on any atom is -0.492 e. The fourth-order valence-electron chi connectivity index (χ4n) is 1.49. The van der Waals surface area contributed by atoms with E-state index < -0.39 is 0 Å². The second-order valence-electron chi connectivity index (χ2n) is 3.86. The Balaban J connectivity index is 2.62. The fourth-order valence-corrected chi connectivity index (χ4v) is 1.49. The van der Waals surface area contributed by atoms with Gasteiger partial charge in [0.25, 0.3) is 0 Å². The highest BCUT2D eigenvalue weighted by Crippen LogP contribution is 2.22. The molecule has 1 rings (SSSR count). The van der Waals surface area contributed by atoms with E-state index in [-0.39, 0.29) is 24.7 Å². The van der Waals surface area contributed by atoms with Gasteiger partial charge in [-0.2, -0.15) is 0 Å². The summed E-state index contributed by atoms with van der Waals surface area (Å²) in [4.78, 5) is 22.6. The molecular formula is C13H18N2O3. The topological polar surface area (TPSA) is 81.4 Å². The van der Waals surface area contributed by atoms with Gasteiger partial charge in [-0.05, 0) is 32.0 Å². The number of benzene rings is 1. The molecule has 0 atom stereocenters. The molecule has 1 aromatic rings.